The Morgan fingerprint density at radius 2 is 0.983 bits per heavy atom. The van der Waals surface area contributed by atoms with Crippen LogP contribution in [0, 0.1) is 0 Å². The first-order valence-corrected chi connectivity index (χ1v) is 24.7. The maximum absolute atomic E-state index is 13.0. The van der Waals surface area contributed by atoms with E-state index >= 15 is 0 Å². The second-order valence-corrected chi connectivity index (χ2v) is 17.8. The van der Waals surface area contributed by atoms with Crippen LogP contribution in [0.25, 0.3) is 0 Å². The number of aliphatic hydroxyl groups is 7. The van der Waals surface area contributed by atoms with Crippen LogP contribution in [0.1, 0.15) is 174 Å². The maximum atomic E-state index is 13.0. The lowest BCUT2D eigenvalue weighted by Crippen LogP contribution is -2.64. The molecule has 8 atom stereocenters. The molecule has 0 heterocycles. The van der Waals surface area contributed by atoms with E-state index in [0.717, 1.165) is 38.5 Å². The Labute approximate surface area is 361 Å². The number of amides is 1. The predicted octanol–water partition coefficient (Wildman–Crippen LogP) is 7.53. The second-order valence-electron chi connectivity index (χ2n) is 16.4. The third kappa shape index (κ3) is 27.3. The Hall–Kier alpha value is -1.74. The summed E-state index contributed by atoms with van der Waals surface area (Å²) in [6.45, 7) is 3.69. The molecule has 1 amide bonds. The molecular formula is C46H84NO12P. The minimum absolute atomic E-state index is 0.278. The molecule has 0 aromatic rings. The summed E-state index contributed by atoms with van der Waals surface area (Å²) in [4.78, 5) is 23.4. The van der Waals surface area contributed by atoms with E-state index in [4.69, 9.17) is 9.05 Å². The van der Waals surface area contributed by atoms with E-state index in [1.54, 1.807) is 6.08 Å². The molecule has 0 saturated heterocycles. The van der Waals surface area contributed by atoms with Gasteiger partial charge in [0.25, 0.3) is 0 Å². The molecule has 1 fully saturated rings. The first-order valence-electron chi connectivity index (χ1n) is 23.2. The summed E-state index contributed by atoms with van der Waals surface area (Å²) in [6, 6.07) is -1.27. The number of rotatable bonds is 37. The molecule has 8 unspecified atom stereocenters. The fraction of sp³-hybridized carbons (Fsp3) is 0.804. The third-order valence-electron chi connectivity index (χ3n) is 10.9. The maximum Gasteiger partial charge on any atom is 0.472 e. The summed E-state index contributed by atoms with van der Waals surface area (Å²) in [5, 5.41) is 74.3. The molecule has 1 rings (SSSR count). The third-order valence-corrected chi connectivity index (χ3v) is 11.8. The van der Waals surface area contributed by atoms with Crippen LogP contribution in [0.5, 0.6) is 0 Å². The van der Waals surface area contributed by atoms with E-state index in [1.807, 2.05) is 0 Å². The number of allylic oxidation sites excluding steroid dienone is 7. The number of hydrogen-bond donors (Lipinski definition) is 9. The van der Waals surface area contributed by atoms with Crippen molar-refractivity contribution in [2.24, 2.45) is 0 Å². The molecule has 60 heavy (non-hydrogen) atoms. The van der Waals surface area contributed by atoms with Gasteiger partial charge in [-0.2, -0.15) is 0 Å². The van der Waals surface area contributed by atoms with Crippen molar-refractivity contribution in [2.45, 2.75) is 229 Å². The number of unbranched alkanes of at least 4 members (excludes halogenated alkanes) is 18. The molecule has 0 aromatic carbocycles. The molecule has 1 aliphatic carbocycles. The van der Waals surface area contributed by atoms with Crippen molar-refractivity contribution < 1.29 is 59.0 Å². The zero-order valence-corrected chi connectivity index (χ0v) is 37.8. The zero-order chi connectivity index (χ0) is 44.4. The van der Waals surface area contributed by atoms with Crippen molar-refractivity contribution in [2.75, 3.05) is 6.61 Å². The van der Waals surface area contributed by atoms with Gasteiger partial charge in [-0.25, -0.2) is 4.57 Å². The number of carbonyl (C=O) groups is 1. The van der Waals surface area contributed by atoms with Crippen molar-refractivity contribution in [1.82, 2.24) is 5.32 Å². The van der Waals surface area contributed by atoms with Crippen LogP contribution in [0.15, 0.2) is 48.6 Å². The molecule has 13 nitrogen and oxygen atoms in total. The molecule has 1 aliphatic rings. The fourth-order valence-electron chi connectivity index (χ4n) is 7.04. The average molecular weight is 874 g/mol. The number of aliphatic hydroxyl groups excluding tert-OH is 7. The van der Waals surface area contributed by atoms with Crippen molar-refractivity contribution in [1.29, 1.82) is 0 Å². The standard InChI is InChI=1S/C46H84NO12P/c1-3-5-7-9-11-13-15-16-17-18-19-20-21-22-24-26-28-30-32-34-39(49)38(36-58-60(56,57)59-46-44(54)42(52)41(51)43(53)45(46)55)47-40(50)35-37(48)33-31-29-27-25-23-14-12-10-8-6-4-2/h19-20,24-27,32,34,37-39,41-46,48-49,51-55H,3-18,21-23,28-31,33,35-36H2,1-2H3,(H,47,50)(H,56,57)/b20-19+,26-24+,27-25-,34-32+. The normalized spacial score (nSPS) is 23.8. The molecule has 0 aromatic heterocycles. The van der Waals surface area contributed by atoms with Gasteiger partial charge in [0, 0.05) is 0 Å². The first-order chi connectivity index (χ1) is 28.8. The molecule has 350 valence electrons. The van der Waals surface area contributed by atoms with E-state index in [0.29, 0.717) is 25.7 Å². The fourth-order valence-corrected chi connectivity index (χ4v) is 8.00. The number of carbonyl (C=O) groups excluding carboxylic acids is 1. The summed E-state index contributed by atoms with van der Waals surface area (Å²) >= 11 is 0. The van der Waals surface area contributed by atoms with Crippen LogP contribution >= 0.6 is 7.82 Å². The van der Waals surface area contributed by atoms with Gasteiger partial charge in [-0.1, -0.05) is 146 Å². The highest BCUT2D eigenvalue weighted by atomic mass is 31.2. The lowest BCUT2D eigenvalue weighted by atomic mass is 9.85. The molecular weight excluding hydrogens is 789 g/mol. The van der Waals surface area contributed by atoms with Crippen molar-refractivity contribution in [3.8, 4) is 0 Å². The summed E-state index contributed by atoms with van der Waals surface area (Å²) in [5.74, 6) is -0.626. The topological polar surface area (TPSA) is 226 Å². The van der Waals surface area contributed by atoms with Gasteiger partial charge in [-0.3, -0.25) is 13.8 Å². The predicted molar refractivity (Wildman–Crippen MR) is 238 cm³/mol. The van der Waals surface area contributed by atoms with Gasteiger partial charge >= 0.3 is 7.82 Å². The largest absolute Gasteiger partial charge is 0.472 e. The molecule has 0 aliphatic heterocycles. The molecule has 14 heteroatoms. The van der Waals surface area contributed by atoms with Gasteiger partial charge in [0.1, 0.15) is 36.6 Å². The Morgan fingerprint density at radius 1 is 0.583 bits per heavy atom. The summed E-state index contributed by atoms with van der Waals surface area (Å²) in [6.07, 6.45) is 27.9. The van der Waals surface area contributed by atoms with E-state index in [2.05, 4.69) is 55.6 Å². The number of hydrogen-bond acceptors (Lipinski definition) is 11. The van der Waals surface area contributed by atoms with Gasteiger partial charge in [0.2, 0.25) is 5.91 Å². The monoisotopic (exact) mass is 874 g/mol. The van der Waals surface area contributed by atoms with Crippen molar-refractivity contribution in [3.05, 3.63) is 48.6 Å². The lowest BCUT2D eigenvalue weighted by molar-refractivity contribution is -0.220. The van der Waals surface area contributed by atoms with Crippen LogP contribution in [0.3, 0.4) is 0 Å². The van der Waals surface area contributed by atoms with E-state index in [-0.39, 0.29) is 6.42 Å². The smallest absolute Gasteiger partial charge is 0.393 e. The second kappa shape index (κ2) is 35.7. The van der Waals surface area contributed by atoms with E-state index < -0.39 is 75.2 Å². The van der Waals surface area contributed by atoms with E-state index in [9.17, 15) is 50.0 Å². The highest BCUT2D eigenvalue weighted by Gasteiger charge is 2.51. The summed E-state index contributed by atoms with van der Waals surface area (Å²) < 4.78 is 22.8. The summed E-state index contributed by atoms with van der Waals surface area (Å²) in [5.41, 5.74) is 0. The molecule has 0 spiro atoms. The van der Waals surface area contributed by atoms with Crippen molar-refractivity contribution >= 4 is 13.7 Å². The Balaban J connectivity index is 2.61. The number of phosphoric acid groups is 1. The number of nitrogens with one attached hydrogen (secondary N) is 1. The minimum Gasteiger partial charge on any atom is -0.393 e. The van der Waals surface area contributed by atoms with Crippen molar-refractivity contribution in [3.63, 3.8) is 0 Å². The van der Waals surface area contributed by atoms with E-state index in [1.165, 1.54) is 96.0 Å². The molecule has 9 N–H and O–H groups in total. The average Bonchev–Trinajstić information content (AvgIpc) is 3.22. The van der Waals surface area contributed by atoms with Crippen LogP contribution in [0.4, 0.5) is 0 Å². The van der Waals surface area contributed by atoms with Gasteiger partial charge < -0.3 is 46.0 Å². The summed E-state index contributed by atoms with van der Waals surface area (Å²) in [7, 11) is -5.16. The highest BCUT2D eigenvalue weighted by Crippen LogP contribution is 2.47. The SMILES string of the molecule is CCCCCCCC/C=C\CCCC(O)CC(=O)NC(COP(=O)(O)OC1C(O)C(O)C(O)C(O)C1O)C(O)/C=C/CC/C=C/CC/C=C/CCCCCCCCCCC. The van der Waals surface area contributed by atoms with Crippen LogP contribution in [-0.4, -0.2) is 108 Å². The van der Waals surface area contributed by atoms with Gasteiger partial charge in [-0.05, 0) is 70.6 Å². The molecule has 1 saturated carbocycles. The molecule has 0 bridgehead atoms. The quantitative estimate of drug-likeness (QED) is 0.0168. The first kappa shape index (κ1) is 56.3. The zero-order valence-electron chi connectivity index (χ0n) is 36.9. The highest BCUT2D eigenvalue weighted by molar-refractivity contribution is 7.47. The van der Waals surface area contributed by atoms with Gasteiger partial charge in [0.15, 0.2) is 0 Å². The minimum atomic E-state index is -5.16. The lowest BCUT2D eigenvalue weighted by Gasteiger charge is -2.41. The molecule has 0 radical (unpaired) electrons. The Morgan fingerprint density at radius 3 is 1.47 bits per heavy atom. The van der Waals surface area contributed by atoms with Crippen LogP contribution in [-0.2, 0) is 18.4 Å². The number of phosphoric ester groups is 1. The Kier molecular flexibility index (Phi) is 33.5. The van der Waals surface area contributed by atoms with Crippen LogP contribution < -0.4 is 5.32 Å². The van der Waals surface area contributed by atoms with Gasteiger partial charge in [0.05, 0.1) is 31.3 Å². The van der Waals surface area contributed by atoms with Gasteiger partial charge in [-0.15, -0.1) is 0 Å². The Bertz CT molecular complexity index is 1220. The van der Waals surface area contributed by atoms with Crippen LogP contribution in [0.2, 0.25) is 0 Å².